The largest absolute Gasteiger partial charge is 0.492 e. The van der Waals surface area contributed by atoms with E-state index < -0.39 is 0 Å². The molecule has 2 nitrogen and oxygen atoms in total. The number of carbonyl (C=O) groups is 1. The molecule has 1 aromatic carbocycles. The molecule has 1 heterocycles. The van der Waals surface area contributed by atoms with Crippen LogP contribution in [0.2, 0.25) is 5.02 Å². The van der Waals surface area contributed by atoms with E-state index >= 15 is 0 Å². The first-order chi connectivity index (χ1) is 8.91. The maximum Gasteiger partial charge on any atom is 0.159 e. The normalized spacial score (nSPS) is 16.7. The summed E-state index contributed by atoms with van der Waals surface area (Å²) in [4.78, 5) is 11.7. The summed E-state index contributed by atoms with van der Waals surface area (Å²) in [7, 11) is 0. The first-order valence-electron chi connectivity index (χ1n) is 6.21. The zero-order valence-corrected chi connectivity index (χ0v) is 12.0. The highest BCUT2D eigenvalue weighted by atomic mass is 35.5. The molecule has 0 aromatic heterocycles. The van der Waals surface area contributed by atoms with E-state index in [9.17, 15) is 4.79 Å². The first-order valence-corrected chi connectivity index (χ1v) is 6.59. The predicted molar refractivity (Wildman–Crippen MR) is 78.5 cm³/mol. The van der Waals surface area contributed by atoms with Crippen LogP contribution in [0.3, 0.4) is 0 Å². The number of halogens is 1. The molecular weight excluding hydrogens is 260 g/mol. The van der Waals surface area contributed by atoms with Crippen molar-refractivity contribution >= 4 is 23.0 Å². The van der Waals surface area contributed by atoms with Gasteiger partial charge in [-0.25, -0.2) is 0 Å². The first kappa shape index (κ1) is 13.9. The van der Waals surface area contributed by atoms with Crippen LogP contribution >= 0.6 is 11.6 Å². The van der Waals surface area contributed by atoms with Gasteiger partial charge < -0.3 is 4.74 Å². The van der Waals surface area contributed by atoms with Gasteiger partial charge in [0.2, 0.25) is 0 Å². The highest BCUT2D eigenvalue weighted by Crippen LogP contribution is 2.38. The molecule has 3 heteroatoms. The molecule has 0 amide bonds. The summed E-state index contributed by atoms with van der Waals surface area (Å²) in [6.45, 7) is 8.25. The third kappa shape index (κ3) is 3.27. The molecule has 0 radical (unpaired) electrons. The molecule has 0 bridgehead atoms. The number of hydrogen-bond donors (Lipinski definition) is 0. The van der Waals surface area contributed by atoms with E-state index in [4.69, 9.17) is 16.3 Å². The van der Waals surface area contributed by atoms with E-state index in [1.807, 2.05) is 12.1 Å². The Hall–Kier alpha value is -1.54. The minimum Gasteiger partial charge on any atom is -0.492 e. The van der Waals surface area contributed by atoms with Gasteiger partial charge in [-0.3, -0.25) is 4.79 Å². The van der Waals surface area contributed by atoms with Crippen molar-refractivity contribution < 1.29 is 9.53 Å². The lowest BCUT2D eigenvalue weighted by Crippen LogP contribution is -2.17. The molecule has 0 spiro atoms. The molecule has 0 atom stereocenters. The number of allylic oxidation sites excluding steroid dienone is 2. The van der Waals surface area contributed by atoms with Gasteiger partial charge in [-0.05, 0) is 29.8 Å². The third-order valence-electron chi connectivity index (χ3n) is 3.05. The number of benzene rings is 1. The second kappa shape index (κ2) is 5.22. The van der Waals surface area contributed by atoms with Gasteiger partial charge in [0.05, 0.1) is 6.61 Å². The number of fused-ring (bicyclic) bond motifs is 1. The Morgan fingerprint density at radius 1 is 1.53 bits per heavy atom. The quantitative estimate of drug-likeness (QED) is 0.770. The summed E-state index contributed by atoms with van der Waals surface area (Å²) in [5.41, 5.74) is 1.78. The van der Waals surface area contributed by atoms with Crippen LogP contribution < -0.4 is 4.74 Å². The van der Waals surface area contributed by atoms with Crippen molar-refractivity contribution in [2.24, 2.45) is 5.41 Å². The van der Waals surface area contributed by atoms with Crippen LogP contribution in [0.5, 0.6) is 5.75 Å². The topological polar surface area (TPSA) is 26.3 Å². The van der Waals surface area contributed by atoms with E-state index in [-0.39, 0.29) is 11.2 Å². The van der Waals surface area contributed by atoms with E-state index in [2.05, 4.69) is 26.5 Å². The van der Waals surface area contributed by atoms with E-state index in [0.717, 1.165) is 16.9 Å². The Balaban J connectivity index is 2.49. The second-order valence-electron chi connectivity index (χ2n) is 5.43. The highest BCUT2D eigenvalue weighted by Gasteiger charge is 2.24. The second-order valence-corrected chi connectivity index (χ2v) is 5.87. The van der Waals surface area contributed by atoms with Crippen LogP contribution in [0.25, 0.3) is 5.57 Å². The zero-order valence-electron chi connectivity index (χ0n) is 11.2. The summed E-state index contributed by atoms with van der Waals surface area (Å²) < 4.78 is 5.82. The predicted octanol–water partition coefficient (Wildman–Crippen LogP) is 4.29. The molecule has 1 aliphatic rings. The van der Waals surface area contributed by atoms with E-state index in [1.54, 1.807) is 6.07 Å². The molecule has 0 saturated heterocycles. The summed E-state index contributed by atoms with van der Waals surface area (Å²) in [5, 5.41) is 0.632. The highest BCUT2D eigenvalue weighted by molar-refractivity contribution is 6.30. The molecule has 0 fully saturated rings. The molecule has 0 saturated carbocycles. The van der Waals surface area contributed by atoms with Gasteiger partial charge in [0.15, 0.2) is 5.78 Å². The fourth-order valence-electron chi connectivity index (χ4n) is 2.14. The van der Waals surface area contributed by atoms with E-state index in [0.29, 0.717) is 18.1 Å². The number of hydrogen-bond acceptors (Lipinski definition) is 2. The molecule has 1 aliphatic heterocycles. The Bertz CT molecular complexity index is 556. The van der Waals surface area contributed by atoms with Crippen LogP contribution in [0.15, 0.2) is 36.9 Å². The summed E-state index contributed by atoms with van der Waals surface area (Å²) in [6.07, 6.45) is 3.80. The molecule has 0 unspecified atom stereocenters. The van der Waals surface area contributed by atoms with Crippen LogP contribution in [-0.2, 0) is 4.79 Å². The molecule has 0 N–H and O–H groups in total. The lowest BCUT2D eigenvalue weighted by atomic mass is 9.88. The molecular formula is C16H17ClO2. The van der Waals surface area contributed by atoms with Crippen molar-refractivity contribution in [2.45, 2.75) is 20.3 Å². The Morgan fingerprint density at radius 2 is 2.26 bits per heavy atom. The fourth-order valence-corrected chi connectivity index (χ4v) is 2.30. The number of carbonyl (C=O) groups excluding carboxylic acids is 1. The van der Waals surface area contributed by atoms with Crippen LogP contribution in [0, 0.1) is 5.41 Å². The molecule has 2 rings (SSSR count). The van der Waals surface area contributed by atoms with Crippen LogP contribution in [0.1, 0.15) is 25.8 Å². The van der Waals surface area contributed by atoms with Gasteiger partial charge in [-0.1, -0.05) is 38.1 Å². The number of ketones is 1. The van der Waals surface area contributed by atoms with Crippen molar-refractivity contribution in [3.8, 4) is 5.75 Å². The van der Waals surface area contributed by atoms with Crippen molar-refractivity contribution in [2.75, 3.05) is 6.61 Å². The Morgan fingerprint density at radius 3 is 2.95 bits per heavy atom. The summed E-state index contributed by atoms with van der Waals surface area (Å²) in [5.74, 6) is 0.742. The Labute approximate surface area is 118 Å². The van der Waals surface area contributed by atoms with Crippen molar-refractivity contribution in [3.63, 3.8) is 0 Å². The van der Waals surface area contributed by atoms with Gasteiger partial charge in [0.1, 0.15) is 5.75 Å². The standard InChI is InChI=1S/C16H17ClO2/c1-4-13(18)7-11-9-16(2,3)10-19-15-8-12(17)5-6-14(11)15/h4-6,8-9H,1,7,10H2,2-3H3. The van der Waals surface area contributed by atoms with Gasteiger partial charge >= 0.3 is 0 Å². The SMILES string of the molecule is C=CC(=O)CC1=CC(C)(C)COc2cc(Cl)ccc21. The maximum atomic E-state index is 11.7. The van der Waals surface area contributed by atoms with Crippen molar-refractivity contribution in [3.05, 3.63) is 47.5 Å². The fraction of sp³-hybridized carbons (Fsp3) is 0.312. The average molecular weight is 277 g/mol. The monoisotopic (exact) mass is 276 g/mol. The number of ether oxygens (including phenoxy) is 1. The van der Waals surface area contributed by atoms with Gasteiger partial charge in [0, 0.05) is 22.4 Å². The van der Waals surface area contributed by atoms with Gasteiger partial charge in [-0.15, -0.1) is 0 Å². The molecule has 19 heavy (non-hydrogen) atoms. The maximum absolute atomic E-state index is 11.7. The Kier molecular flexibility index (Phi) is 3.81. The average Bonchev–Trinajstić information content (AvgIpc) is 2.46. The minimum atomic E-state index is -0.123. The molecule has 1 aromatic rings. The van der Waals surface area contributed by atoms with Crippen LogP contribution in [-0.4, -0.2) is 12.4 Å². The van der Waals surface area contributed by atoms with Crippen molar-refractivity contribution in [1.82, 2.24) is 0 Å². The summed E-state index contributed by atoms with van der Waals surface area (Å²) >= 11 is 6.00. The molecule has 0 aliphatic carbocycles. The minimum absolute atomic E-state index is 0.00449. The van der Waals surface area contributed by atoms with E-state index in [1.165, 1.54) is 6.08 Å². The lowest BCUT2D eigenvalue weighted by molar-refractivity contribution is -0.113. The zero-order chi connectivity index (χ0) is 14.0. The number of rotatable bonds is 3. The van der Waals surface area contributed by atoms with Gasteiger partial charge in [-0.2, -0.15) is 0 Å². The lowest BCUT2D eigenvalue weighted by Gasteiger charge is -2.18. The molecule has 100 valence electrons. The third-order valence-corrected chi connectivity index (χ3v) is 3.28. The van der Waals surface area contributed by atoms with Gasteiger partial charge in [0.25, 0.3) is 0 Å². The smallest absolute Gasteiger partial charge is 0.159 e. The van der Waals surface area contributed by atoms with Crippen LogP contribution in [0.4, 0.5) is 0 Å². The van der Waals surface area contributed by atoms with Crippen molar-refractivity contribution in [1.29, 1.82) is 0 Å². The summed E-state index contributed by atoms with van der Waals surface area (Å²) in [6, 6.07) is 5.51.